The molecule has 194 valence electrons. The Bertz CT molecular complexity index is 1310. The number of likely N-dealkylation sites (N-methyl/N-ethyl adjacent to an activating group) is 1. The van der Waals surface area contributed by atoms with Crippen molar-refractivity contribution in [3.8, 4) is 5.75 Å². The molecule has 0 radical (unpaired) electrons. The molecule has 0 bridgehead atoms. The third-order valence-corrected chi connectivity index (χ3v) is 6.44. The Balaban J connectivity index is 1.58. The van der Waals surface area contributed by atoms with E-state index in [2.05, 4.69) is 10.3 Å². The van der Waals surface area contributed by atoms with Crippen LogP contribution in [0.4, 0.5) is 5.82 Å². The van der Waals surface area contributed by atoms with E-state index in [-0.39, 0.29) is 17.6 Å². The molecule has 0 fully saturated rings. The number of phenols is 1. The van der Waals surface area contributed by atoms with E-state index >= 15 is 0 Å². The number of aromatic hydroxyl groups is 1. The fourth-order valence-electron chi connectivity index (χ4n) is 4.48. The fourth-order valence-corrected chi connectivity index (χ4v) is 4.48. The number of hydrogen-bond donors (Lipinski definition) is 3. The van der Waals surface area contributed by atoms with Crippen molar-refractivity contribution in [3.05, 3.63) is 126 Å². The molecule has 1 heterocycles. The van der Waals surface area contributed by atoms with Gasteiger partial charge >= 0.3 is 0 Å². The molecular formula is C31H32N4O3. The first kappa shape index (κ1) is 26.4. The second kappa shape index (κ2) is 12.5. The van der Waals surface area contributed by atoms with Crippen molar-refractivity contribution in [2.75, 3.05) is 12.8 Å². The van der Waals surface area contributed by atoms with E-state index in [1.54, 1.807) is 48.5 Å². The van der Waals surface area contributed by atoms with Crippen LogP contribution in [0.3, 0.4) is 0 Å². The van der Waals surface area contributed by atoms with Gasteiger partial charge in [0.05, 0.1) is 5.92 Å². The number of anilines is 1. The average Bonchev–Trinajstić information content (AvgIpc) is 2.93. The summed E-state index contributed by atoms with van der Waals surface area (Å²) in [6, 6.07) is 28.7. The molecule has 4 aromatic rings. The third-order valence-electron chi connectivity index (χ3n) is 6.44. The van der Waals surface area contributed by atoms with Gasteiger partial charge in [-0.25, -0.2) is 4.98 Å². The summed E-state index contributed by atoms with van der Waals surface area (Å²) in [5.41, 5.74) is 9.35. The van der Waals surface area contributed by atoms with Crippen LogP contribution in [-0.4, -0.2) is 39.9 Å². The minimum absolute atomic E-state index is 0.164. The van der Waals surface area contributed by atoms with Gasteiger partial charge in [0.1, 0.15) is 17.6 Å². The highest BCUT2D eigenvalue weighted by atomic mass is 16.3. The lowest BCUT2D eigenvalue weighted by molar-refractivity contribution is -0.136. The molecule has 0 aliphatic rings. The Morgan fingerprint density at radius 2 is 1.50 bits per heavy atom. The normalized spacial score (nSPS) is 11.6. The van der Waals surface area contributed by atoms with Crippen LogP contribution in [0.1, 0.15) is 34.6 Å². The summed E-state index contributed by atoms with van der Waals surface area (Å²) in [6.07, 6.45) is 2.57. The van der Waals surface area contributed by atoms with Crippen LogP contribution in [0.15, 0.2) is 103 Å². The van der Waals surface area contributed by atoms with E-state index in [9.17, 15) is 14.7 Å². The van der Waals surface area contributed by atoms with Gasteiger partial charge in [-0.15, -0.1) is 0 Å². The lowest BCUT2D eigenvalue weighted by Crippen LogP contribution is -2.48. The summed E-state index contributed by atoms with van der Waals surface area (Å²) in [6.45, 7) is 0.342. The number of nitrogens with zero attached hydrogens (tertiary/aromatic N) is 2. The number of carbonyl (C=O) groups excluding carboxylic acids is 2. The topological polar surface area (TPSA) is 109 Å². The molecule has 38 heavy (non-hydrogen) atoms. The van der Waals surface area contributed by atoms with Gasteiger partial charge in [-0.2, -0.15) is 0 Å². The van der Waals surface area contributed by atoms with Crippen LogP contribution in [0.25, 0.3) is 0 Å². The molecule has 0 saturated heterocycles. The van der Waals surface area contributed by atoms with Crippen molar-refractivity contribution < 1.29 is 14.7 Å². The molecule has 1 unspecified atom stereocenters. The predicted molar refractivity (Wildman–Crippen MR) is 148 cm³/mol. The van der Waals surface area contributed by atoms with Crippen molar-refractivity contribution >= 4 is 17.6 Å². The molecule has 1 atom stereocenters. The standard InChI is InChI=1S/C31H32N4O3/c1-35(21-23-12-15-26(36)16-13-23)31(38)27(17-14-22-18-19-33-28(32)20-22)34-30(37)29(24-8-4-2-5-9-24)25-10-6-3-7-11-25/h2-13,15-16,18-20,27,29,36H,14,17,21H2,1H3,(H2,32,33)(H,34,37). The number of carbonyl (C=O) groups is 2. The Morgan fingerprint density at radius 3 is 2.08 bits per heavy atom. The molecule has 2 amide bonds. The van der Waals surface area contributed by atoms with Crippen molar-refractivity contribution in [2.24, 2.45) is 0 Å². The highest BCUT2D eigenvalue weighted by Crippen LogP contribution is 2.25. The number of aryl methyl sites for hydroxylation is 1. The van der Waals surface area contributed by atoms with E-state index in [4.69, 9.17) is 5.73 Å². The molecular weight excluding hydrogens is 476 g/mol. The molecule has 3 aromatic carbocycles. The summed E-state index contributed by atoms with van der Waals surface area (Å²) in [7, 11) is 1.71. The Hall–Kier alpha value is -4.65. The molecule has 0 aliphatic carbocycles. The van der Waals surface area contributed by atoms with Gasteiger partial charge in [0, 0.05) is 19.8 Å². The smallest absolute Gasteiger partial charge is 0.245 e. The highest BCUT2D eigenvalue weighted by Gasteiger charge is 2.29. The minimum atomic E-state index is -0.756. The van der Waals surface area contributed by atoms with Crippen LogP contribution in [0.2, 0.25) is 0 Å². The number of nitrogen functional groups attached to an aromatic ring is 1. The zero-order valence-corrected chi connectivity index (χ0v) is 21.3. The molecule has 0 aliphatic heterocycles. The molecule has 4 rings (SSSR count). The van der Waals surface area contributed by atoms with Gasteiger partial charge in [-0.3, -0.25) is 9.59 Å². The SMILES string of the molecule is CN(Cc1ccc(O)cc1)C(=O)C(CCc1ccnc(N)c1)NC(=O)C(c1ccccc1)c1ccccc1. The van der Waals surface area contributed by atoms with Crippen molar-refractivity contribution in [1.82, 2.24) is 15.2 Å². The van der Waals surface area contributed by atoms with Gasteiger partial charge in [0.15, 0.2) is 0 Å². The Morgan fingerprint density at radius 1 is 0.895 bits per heavy atom. The minimum Gasteiger partial charge on any atom is -0.508 e. The zero-order chi connectivity index (χ0) is 26.9. The van der Waals surface area contributed by atoms with Crippen LogP contribution >= 0.6 is 0 Å². The number of pyridine rings is 1. The van der Waals surface area contributed by atoms with E-state index < -0.39 is 12.0 Å². The third kappa shape index (κ3) is 6.97. The lowest BCUT2D eigenvalue weighted by atomic mass is 9.90. The first-order valence-electron chi connectivity index (χ1n) is 12.5. The predicted octanol–water partition coefficient (Wildman–Crippen LogP) is 4.28. The van der Waals surface area contributed by atoms with Gasteiger partial charge < -0.3 is 21.1 Å². The maximum atomic E-state index is 13.8. The fraction of sp³-hybridized carbons (Fsp3) is 0.194. The maximum Gasteiger partial charge on any atom is 0.245 e. The van der Waals surface area contributed by atoms with Gasteiger partial charge in [-0.05, 0) is 59.4 Å². The number of phenolic OH excluding ortho intramolecular Hbond substituents is 1. The highest BCUT2D eigenvalue weighted by molar-refractivity contribution is 5.92. The summed E-state index contributed by atoms with van der Waals surface area (Å²) in [5, 5.41) is 12.6. The second-order valence-corrected chi connectivity index (χ2v) is 9.30. The molecule has 7 nitrogen and oxygen atoms in total. The average molecular weight is 509 g/mol. The summed E-state index contributed by atoms with van der Waals surface area (Å²) < 4.78 is 0. The number of benzene rings is 3. The number of nitrogens with one attached hydrogen (secondary N) is 1. The van der Waals surface area contributed by atoms with Crippen LogP contribution in [0, 0.1) is 0 Å². The van der Waals surface area contributed by atoms with E-state index in [0.717, 1.165) is 22.3 Å². The number of nitrogens with two attached hydrogens (primary N) is 1. The largest absolute Gasteiger partial charge is 0.508 e. The van der Waals surface area contributed by atoms with E-state index in [1.165, 1.54) is 0 Å². The number of hydrogen-bond acceptors (Lipinski definition) is 5. The van der Waals surface area contributed by atoms with Gasteiger partial charge in [0.25, 0.3) is 0 Å². The monoisotopic (exact) mass is 508 g/mol. The molecule has 1 aromatic heterocycles. The Labute approximate surface area is 223 Å². The van der Waals surface area contributed by atoms with Crippen LogP contribution < -0.4 is 11.1 Å². The molecule has 0 saturated carbocycles. The van der Waals surface area contributed by atoms with Crippen molar-refractivity contribution in [1.29, 1.82) is 0 Å². The maximum absolute atomic E-state index is 13.8. The number of amides is 2. The van der Waals surface area contributed by atoms with E-state index in [1.807, 2.05) is 66.7 Å². The molecule has 4 N–H and O–H groups in total. The van der Waals surface area contributed by atoms with Crippen molar-refractivity contribution in [3.63, 3.8) is 0 Å². The van der Waals surface area contributed by atoms with Crippen LogP contribution in [0.5, 0.6) is 5.75 Å². The summed E-state index contributed by atoms with van der Waals surface area (Å²) in [5.74, 6) is -0.433. The number of aromatic nitrogens is 1. The number of rotatable bonds is 10. The van der Waals surface area contributed by atoms with E-state index in [0.29, 0.717) is 25.2 Å². The molecule has 7 heteroatoms. The quantitative estimate of drug-likeness (QED) is 0.296. The summed E-state index contributed by atoms with van der Waals surface area (Å²) in [4.78, 5) is 33.1. The first-order valence-corrected chi connectivity index (χ1v) is 12.5. The van der Waals surface area contributed by atoms with Gasteiger partial charge in [0.2, 0.25) is 11.8 Å². The lowest BCUT2D eigenvalue weighted by Gasteiger charge is -2.27. The molecule has 0 spiro atoms. The van der Waals surface area contributed by atoms with Crippen LogP contribution in [-0.2, 0) is 22.6 Å². The Kier molecular flexibility index (Phi) is 8.72. The second-order valence-electron chi connectivity index (χ2n) is 9.30. The zero-order valence-electron chi connectivity index (χ0n) is 21.3. The van der Waals surface area contributed by atoms with Crippen molar-refractivity contribution in [2.45, 2.75) is 31.3 Å². The summed E-state index contributed by atoms with van der Waals surface area (Å²) >= 11 is 0. The first-order chi connectivity index (χ1) is 18.4. The van der Waals surface area contributed by atoms with Gasteiger partial charge in [-0.1, -0.05) is 72.8 Å².